The van der Waals surface area contributed by atoms with Crippen molar-refractivity contribution in [2.75, 3.05) is 19.0 Å². The highest BCUT2D eigenvalue weighted by atomic mass is 16.2. The van der Waals surface area contributed by atoms with E-state index in [4.69, 9.17) is 4.98 Å². The van der Waals surface area contributed by atoms with Gasteiger partial charge in [0.2, 0.25) is 5.91 Å². The molecule has 0 bridgehead atoms. The van der Waals surface area contributed by atoms with Gasteiger partial charge in [-0.15, -0.1) is 0 Å². The Labute approximate surface area is 203 Å². The van der Waals surface area contributed by atoms with Gasteiger partial charge in [0, 0.05) is 37.4 Å². The first-order valence-electron chi connectivity index (χ1n) is 13.2. The maximum atomic E-state index is 14.1. The number of benzene rings is 2. The molecule has 5 heteroatoms. The standard InChI is InChI=1S/C29H38N4O/c1-31(2)25-17-11-12-22(20-25)29-30-26-18-9-10-19-27(26)32(29)21-28(34)33(23-13-5-3-6-14-23)24-15-7-4-8-16-24/h9-12,17-20,23-24H,3-8,13-16,21H2,1-2H3. The average molecular weight is 459 g/mol. The fourth-order valence-corrected chi connectivity index (χ4v) is 6.02. The van der Waals surface area contributed by atoms with Crippen molar-refractivity contribution in [1.29, 1.82) is 0 Å². The van der Waals surface area contributed by atoms with Gasteiger partial charge in [0.25, 0.3) is 0 Å². The summed E-state index contributed by atoms with van der Waals surface area (Å²) in [5.41, 5.74) is 4.17. The van der Waals surface area contributed by atoms with E-state index in [1.165, 1.54) is 38.5 Å². The van der Waals surface area contributed by atoms with E-state index in [2.05, 4.69) is 64.9 Å². The normalized spacial score (nSPS) is 17.7. The molecule has 1 aromatic heterocycles. The van der Waals surface area contributed by atoms with Crippen molar-refractivity contribution in [2.24, 2.45) is 0 Å². The van der Waals surface area contributed by atoms with Crippen molar-refractivity contribution in [2.45, 2.75) is 82.8 Å². The van der Waals surface area contributed by atoms with Crippen molar-refractivity contribution in [3.05, 3.63) is 48.5 Å². The molecule has 1 amide bonds. The van der Waals surface area contributed by atoms with Gasteiger partial charge in [-0.25, -0.2) is 4.98 Å². The molecule has 0 spiro atoms. The minimum absolute atomic E-state index is 0.270. The zero-order chi connectivity index (χ0) is 23.5. The molecule has 0 N–H and O–H groups in total. The van der Waals surface area contributed by atoms with Gasteiger partial charge in [-0.2, -0.15) is 0 Å². The molecule has 180 valence electrons. The van der Waals surface area contributed by atoms with Crippen LogP contribution in [0.1, 0.15) is 64.2 Å². The summed E-state index contributed by atoms with van der Waals surface area (Å²) in [6.07, 6.45) is 12.2. The fourth-order valence-electron chi connectivity index (χ4n) is 6.02. The molecule has 2 fully saturated rings. The number of nitrogens with zero attached hydrogens (tertiary/aromatic N) is 4. The van der Waals surface area contributed by atoms with Gasteiger partial charge < -0.3 is 14.4 Å². The number of hydrogen-bond acceptors (Lipinski definition) is 3. The molecule has 5 rings (SSSR count). The van der Waals surface area contributed by atoms with Gasteiger partial charge in [-0.3, -0.25) is 4.79 Å². The Balaban J connectivity index is 1.52. The highest BCUT2D eigenvalue weighted by Crippen LogP contribution is 2.32. The van der Waals surface area contributed by atoms with E-state index in [0.717, 1.165) is 53.8 Å². The minimum Gasteiger partial charge on any atom is -0.378 e. The van der Waals surface area contributed by atoms with E-state index < -0.39 is 0 Å². The second-order valence-electron chi connectivity index (χ2n) is 10.3. The lowest BCUT2D eigenvalue weighted by Crippen LogP contribution is -2.50. The van der Waals surface area contributed by atoms with Gasteiger partial charge in [0.15, 0.2) is 0 Å². The number of hydrogen-bond donors (Lipinski definition) is 0. The molecule has 1 heterocycles. The van der Waals surface area contributed by atoms with E-state index >= 15 is 0 Å². The van der Waals surface area contributed by atoms with Crippen LogP contribution in [0.25, 0.3) is 22.4 Å². The van der Waals surface area contributed by atoms with E-state index in [0.29, 0.717) is 18.6 Å². The molecule has 2 aromatic carbocycles. The van der Waals surface area contributed by atoms with Crippen molar-refractivity contribution in [1.82, 2.24) is 14.5 Å². The highest BCUT2D eigenvalue weighted by Gasteiger charge is 2.33. The first kappa shape index (κ1) is 22.9. The molecule has 2 aliphatic carbocycles. The lowest BCUT2D eigenvalue weighted by atomic mass is 9.88. The van der Waals surface area contributed by atoms with Gasteiger partial charge >= 0.3 is 0 Å². The van der Waals surface area contributed by atoms with Gasteiger partial charge in [-0.05, 0) is 49.9 Å². The van der Waals surface area contributed by atoms with E-state index in [9.17, 15) is 4.79 Å². The SMILES string of the molecule is CN(C)c1cccc(-c2nc3ccccc3n2CC(=O)N(C2CCCCC2)C2CCCCC2)c1. The molecule has 0 aliphatic heterocycles. The molecule has 0 atom stereocenters. The molecule has 0 saturated heterocycles. The van der Waals surface area contributed by atoms with Gasteiger partial charge in [-0.1, -0.05) is 62.8 Å². The number of carbonyl (C=O) groups is 1. The van der Waals surface area contributed by atoms with Crippen molar-refractivity contribution in [3.8, 4) is 11.4 Å². The van der Waals surface area contributed by atoms with Crippen LogP contribution in [0.5, 0.6) is 0 Å². The van der Waals surface area contributed by atoms with Crippen LogP contribution in [-0.2, 0) is 11.3 Å². The Bertz CT molecular complexity index is 1100. The fraction of sp³-hybridized carbons (Fsp3) is 0.517. The number of aromatic nitrogens is 2. The third-order valence-electron chi connectivity index (χ3n) is 7.79. The number of carbonyl (C=O) groups excluding carboxylic acids is 1. The van der Waals surface area contributed by atoms with Crippen LogP contribution in [0.4, 0.5) is 5.69 Å². The summed E-state index contributed by atoms with van der Waals surface area (Å²) in [6, 6.07) is 17.5. The molecule has 34 heavy (non-hydrogen) atoms. The van der Waals surface area contributed by atoms with Crippen LogP contribution in [0.2, 0.25) is 0 Å². The number of para-hydroxylation sites is 2. The zero-order valence-corrected chi connectivity index (χ0v) is 20.7. The van der Waals surface area contributed by atoms with Gasteiger partial charge in [0.05, 0.1) is 11.0 Å². The molecular weight excluding hydrogens is 420 g/mol. The van der Waals surface area contributed by atoms with Crippen LogP contribution < -0.4 is 4.90 Å². The average Bonchev–Trinajstić information content (AvgIpc) is 3.24. The Morgan fingerprint density at radius 1 is 0.882 bits per heavy atom. The molecule has 0 radical (unpaired) electrons. The first-order valence-corrected chi connectivity index (χ1v) is 13.2. The quantitative estimate of drug-likeness (QED) is 0.437. The van der Waals surface area contributed by atoms with Crippen molar-refractivity contribution in [3.63, 3.8) is 0 Å². The van der Waals surface area contributed by atoms with E-state index in [-0.39, 0.29) is 5.91 Å². The Morgan fingerprint density at radius 2 is 1.53 bits per heavy atom. The Kier molecular flexibility index (Phi) is 6.89. The largest absolute Gasteiger partial charge is 0.378 e. The van der Waals surface area contributed by atoms with Crippen LogP contribution in [0, 0.1) is 0 Å². The summed E-state index contributed by atoms with van der Waals surface area (Å²) in [6.45, 7) is 0.356. The summed E-state index contributed by atoms with van der Waals surface area (Å²) >= 11 is 0. The lowest BCUT2D eigenvalue weighted by Gasteiger charge is -2.42. The summed E-state index contributed by atoms with van der Waals surface area (Å²) in [5, 5.41) is 0. The summed E-state index contributed by atoms with van der Waals surface area (Å²) in [7, 11) is 4.11. The van der Waals surface area contributed by atoms with Gasteiger partial charge in [0.1, 0.15) is 12.4 Å². The summed E-state index contributed by atoms with van der Waals surface area (Å²) < 4.78 is 2.16. The number of rotatable bonds is 6. The van der Waals surface area contributed by atoms with Crippen molar-refractivity contribution >= 4 is 22.6 Å². The van der Waals surface area contributed by atoms with Crippen LogP contribution in [0.3, 0.4) is 0 Å². The maximum Gasteiger partial charge on any atom is 0.243 e. The molecule has 3 aromatic rings. The highest BCUT2D eigenvalue weighted by molar-refractivity contribution is 5.85. The summed E-state index contributed by atoms with van der Waals surface area (Å²) in [5.74, 6) is 1.15. The second kappa shape index (κ2) is 10.2. The predicted molar refractivity (Wildman–Crippen MR) is 140 cm³/mol. The smallest absolute Gasteiger partial charge is 0.243 e. The number of amides is 1. The molecular formula is C29H38N4O. The molecule has 2 saturated carbocycles. The maximum absolute atomic E-state index is 14.1. The first-order chi connectivity index (χ1) is 16.6. The minimum atomic E-state index is 0.270. The molecule has 2 aliphatic rings. The number of imidazole rings is 1. The number of fused-ring (bicyclic) bond motifs is 1. The molecule has 0 unspecified atom stereocenters. The molecule has 5 nitrogen and oxygen atoms in total. The summed E-state index contributed by atoms with van der Waals surface area (Å²) in [4.78, 5) is 23.5. The third-order valence-corrected chi connectivity index (χ3v) is 7.79. The Morgan fingerprint density at radius 3 is 2.18 bits per heavy atom. The third kappa shape index (κ3) is 4.70. The van der Waals surface area contributed by atoms with E-state index in [1.54, 1.807) is 0 Å². The number of anilines is 1. The predicted octanol–water partition coefficient (Wildman–Crippen LogP) is 6.26. The Hall–Kier alpha value is -2.82. The lowest BCUT2D eigenvalue weighted by molar-refractivity contribution is -0.138. The van der Waals surface area contributed by atoms with Crippen LogP contribution >= 0.6 is 0 Å². The van der Waals surface area contributed by atoms with Crippen LogP contribution in [0.15, 0.2) is 48.5 Å². The van der Waals surface area contributed by atoms with Crippen molar-refractivity contribution < 1.29 is 4.79 Å². The topological polar surface area (TPSA) is 41.4 Å². The second-order valence-corrected chi connectivity index (χ2v) is 10.3. The van der Waals surface area contributed by atoms with E-state index in [1.807, 2.05) is 12.1 Å². The monoisotopic (exact) mass is 458 g/mol. The zero-order valence-electron chi connectivity index (χ0n) is 20.7. The van der Waals surface area contributed by atoms with Crippen LogP contribution in [-0.4, -0.2) is 46.5 Å².